The van der Waals surface area contributed by atoms with Crippen LogP contribution in [0.2, 0.25) is 0 Å². The van der Waals surface area contributed by atoms with Crippen molar-refractivity contribution in [3.8, 4) is 5.75 Å². The van der Waals surface area contributed by atoms with Gasteiger partial charge in [0.15, 0.2) is 0 Å². The van der Waals surface area contributed by atoms with Crippen LogP contribution in [0.4, 0.5) is 0 Å². The van der Waals surface area contributed by atoms with E-state index in [-0.39, 0.29) is 5.56 Å². The highest BCUT2D eigenvalue weighted by atomic mass is 16.5. The first kappa shape index (κ1) is 12.9. The first-order valence-electron chi connectivity index (χ1n) is 5.84. The molecule has 1 N–H and O–H groups in total. The third kappa shape index (κ3) is 3.45. The predicted octanol–water partition coefficient (Wildman–Crippen LogP) is 3.56. The molecule has 0 unspecified atom stereocenters. The predicted molar refractivity (Wildman–Crippen MR) is 75.3 cm³/mol. The van der Waals surface area contributed by atoms with Gasteiger partial charge in [0, 0.05) is 0 Å². The summed E-state index contributed by atoms with van der Waals surface area (Å²) in [6.07, 6.45) is 3.81. The van der Waals surface area contributed by atoms with Crippen molar-refractivity contribution < 1.29 is 14.6 Å². The molecule has 0 heterocycles. The summed E-state index contributed by atoms with van der Waals surface area (Å²) in [4.78, 5) is 10.9. The fourth-order valence-electron chi connectivity index (χ4n) is 1.68. The quantitative estimate of drug-likeness (QED) is 0.848. The number of aromatic carboxylic acids is 1. The molecule has 3 nitrogen and oxygen atoms in total. The van der Waals surface area contributed by atoms with Crippen LogP contribution in [0.1, 0.15) is 21.5 Å². The Morgan fingerprint density at radius 3 is 2.37 bits per heavy atom. The van der Waals surface area contributed by atoms with Gasteiger partial charge in [-0.1, -0.05) is 36.4 Å². The van der Waals surface area contributed by atoms with E-state index in [1.807, 2.05) is 42.5 Å². The van der Waals surface area contributed by atoms with E-state index in [9.17, 15) is 4.79 Å². The van der Waals surface area contributed by atoms with Crippen LogP contribution < -0.4 is 4.74 Å². The highest BCUT2D eigenvalue weighted by Gasteiger charge is 2.01. The Kier molecular flexibility index (Phi) is 3.98. The van der Waals surface area contributed by atoms with Gasteiger partial charge in [0.05, 0.1) is 12.7 Å². The number of hydrogen-bond donors (Lipinski definition) is 1. The average Bonchev–Trinajstić information content (AvgIpc) is 2.46. The lowest BCUT2D eigenvalue weighted by atomic mass is 10.1. The third-order valence-corrected chi connectivity index (χ3v) is 2.72. The van der Waals surface area contributed by atoms with Crippen LogP contribution in [-0.2, 0) is 0 Å². The van der Waals surface area contributed by atoms with Gasteiger partial charge in [0.2, 0.25) is 0 Å². The molecule has 0 amide bonds. The van der Waals surface area contributed by atoms with E-state index in [4.69, 9.17) is 9.84 Å². The molecule has 0 saturated heterocycles. The molecule has 0 spiro atoms. The zero-order chi connectivity index (χ0) is 13.7. The zero-order valence-corrected chi connectivity index (χ0v) is 10.5. The minimum absolute atomic E-state index is 0.289. The fraction of sp³-hybridized carbons (Fsp3) is 0.0625. The first-order valence-corrected chi connectivity index (χ1v) is 5.84. The second-order valence-electron chi connectivity index (χ2n) is 4.04. The monoisotopic (exact) mass is 254 g/mol. The number of hydrogen-bond acceptors (Lipinski definition) is 2. The normalized spacial score (nSPS) is 10.6. The first-order chi connectivity index (χ1) is 9.19. The molecule has 19 heavy (non-hydrogen) atoms. The molecule has 0 aliphatic rings. The van der Waals surface area contributed by atoms with E-state index in [1.165, 1.54) is 0 Å². The van der Waals surface area contributed by atoms with Gasteiger partial charge in [-0.3, -0.25) is 0 Å². The minimum Gasteiger partial charge on any atom is -0.497 e. The van der Waals surface area contributed by atoms with Crippen LogP contribution in [0.5, 0.6) is 5.75 Å². The lowest BCUT2D eigenvalue weighted by Gasteiger charge is -2.00. The fourth-order valence-corrected chi connectivity index (χ4v) is 1.68. The summed E-state index contributed by atoms with van der Waals surface area (Å²) in [6, 6.07) is 14.5. The van der Waals surface area contributed by atoms with E-state index in [1.54, 1.807) is 25.3 Å². The molecule has 0 atom stereocenters. The number of carboxylic acid groups (broad SMARTS) is 1. The molecule has 0 aromatic heterocycles. The Bertz CT molecular complexity index is 598. The Morgan fingerprint density at radius 1 is 1.05 bits per heavy atom. The van der Waals surface area contributed by atoms with Crippen LogP contribution in [0, 0.1) is 0 Å². The topological polar surface area (TPSA) is 46.5 Å². The largest absolute Gasteiger partial charge is 0.497 e. The second-order valence-corrected chi connectivity index (χ2v) is 4.04. The summed E-state index contributed by atoms with van der Waals surface area (Å²) in [7, 11) is 1.63. The standard InChI is InChI=1S/C16H14O3/c1-19-15-9-7-12(8-10-15)5-6-13-3-2-4-14(11-13)16(17)18/h2-11H,1H3,(H,17,18)/b6-5+. The Labute approximate surface area is 111 Å². The molecule has 0 aliphatic carbocycles. The van der Waals surface area contributed by atoms with Crippen molar-refractivity contribution in [2.45, 2.75) is 0 Å². The van der Waals surface area contributed by atoms with Gasteiger partial charge in [-0.05, 0) is 35.4 Å². The van der Waals surface area contributed by atoms with Gasteiger partial charge in [-0.25, -0.2) is 4.79 Å². The Morgan fingerprint density at radius 2 is 1.74 bits per heavy atom. The summed E-state index contributed by atoms with van der Waals surface area (Å²) >= 11 is 0. The maximum absolute atomic E-state index is 10.9. The van der Waals surface area contributed by atoms with E-state index in [2.05, 4.69) is 0 Å². The molecule has 0 aliphatic heterocycles. The maximum Gasteiger partial charge on any atom is 0.335 e. The van der Waals surface area contributed by atoms with E-state index in [0.29, 0.717) is 0 Å². The van der Waals surface area contributed by atoms with E-state index >= 15 is 0 Å². The number of rotatable bonds is 4. The summed E-state index contributed by atoms with van der Waals surface area (Å²) in [5, 5.41) is 8.91. The molecule has 2 aromatic carbocycles. The molecule has 0 fully saturated rings. The van der Waals surface area contributed by atoms with Gasteiger partial charge in [0.1, 0.15) is 5.75 Å². The average molecular weight is 254 g/mol. The van der Waals surface area contributed by atoms with Crippen LogP contribution in [0.15, 0.2) is 48.5 Å². The summed E-state index contributed by atoms with van der Waals surface area (Å²) in [5.74, 6) is -0.107. The molecular weight excluding hydrogens is 240 g/mol. The van der Waals surface area contributed by atoms with Gasteiger partial charge in [0.25, 0.3) is 0 Å². The summed E-state index contributed by atoms with van der Waals surface area (Å²) < 4.78 is 5.08. The SMILES string of the molecule is COc1ccc(/C=C/c2cccc(C(=O)O)c2)cc1. The number of methoxy groups -OCH3 is 1. The molecule has 0 radical (unpaired) electrons. The molecule has 96 valence electrons. The van der Waals surface area contributed by atoms with Gasteiger partial charge < -0.3 is 9.84 Å². The van der Waals surface area contributed by atoms with Crippen molar-refractivity contribution in [3.63, 3.8) is 0 Å². The molecule has 2 aromatic rings. The van der Waals surface area contributed by atoms with Gasteiger partial charge >= 0.3 is 5.97 Å². The van der Waals surface area contributed by atoms with Crippen molar-refractivity contribution in [1.29, 1.82) is 0 Å². The number of benzene rings is 2. The second kappa shape index (κ2) is 5.87. The van der Waals surface area contributed by atoms with Crippen molar-refractivity contribution in [2.75, 3.05) is 7.11 Å². The number of ether oxygens (including phenoxy) is 1. The lowest BCUT2D eigenvalue weighted by molar-refractivity contribution is 0.0697. The number of carboxylic acids is 1. The molecule has 0 bridgehead atoms. The highest BCUT2D eigenvalue weighted by molar-refractivity contribution is 5.88. The number of carbonyl (C=O) groups is 1. The van der Waals surface area contributed by atoms with Gasteiger partial charge in [-0.15, -0.1) is 0 Å². The lowest BCUT2D eigenvalue weighted by Crippen LogP contribution is -1.95. The third-order valence-electron chi connectivity index (χ3n) is 2.72. The maximum atomic E-state index is 10.9. The molecule has 0 saturated carbocycles. The summed E-state index contributed by atoms with van der Waals surface area (Å²) in [6.45, 7) is 0. The van der Waals surface area contributed by atoms with Crippen molar-refractivity contribution in [1.82, 2.24) is 0 Å². The van der Waals surface area contributed by atoms with E-state index < -0.39 is 5.97 Å². The van der Waals surface area contributed by atoms with Crippen molar-refractivity contribution >= 4 is 18.1 Å². The highest BCUT2D eigenvalue weighted by Crippen LogP contribution is 2.14. The Balaban J connectivity index is 2.17. The van der Waals surface area contributed by atoms with Crippen LogP contribution in [0.3, 0.4) is 0 Å². The molecule has 2 rings (SSSR count). The van der Waals surface area contributed by atoms with E-state index in [0.717, 1.165) is 16.9 Å². The van der Waals surface area contributed by atoms with Crippen LogP contribution in [0.25, 0.3) is 12.2 Å². The molecule has 3 heteroatoms. The van der Waals surface area contributed by atoms with Crippen molar-refractivity contribution in [3.05, 3.63) is 65.2 Å². The summed E-state index contributed by atoms with van der Waals surface area (Å²) in [5.41, 5.74) is 2.18. The molecular formula is C16H14O3. The van der Waals surface area contributed by atoms with Crippen molar-refractivity contribution in [2.24, 2.45) is 0 Å². The smallest absolute Gasteiger partial charge is 0.335 e. The van der Waals surface area contributed by atoms with Crippen LogP contribution in [-0.4, -0.2) is 18.2 Å². The zero-order valence-electron chi connectivity index (χ0n) is 10.5. The van der Waals surface area contributed by atoms with Crippen LogP contribution >= 0.6 is 0 Å². The Hall–Kier alpha value is -2.55. The minimum atomic E-state index is -0.917. The van der Waals surface area contributed by atoms with Gasteiger partial charge in [-0.2, -0.15) is 0 Å².